The van der Waals surface area contributed by atoms with Crippen molar-refractivity contribution in [3.63, 3.8) is 0 Å². The van der Waals surface area contributed by atoms with Crippen LogP contribution in [-0.2, 0) is 11.3 Å². The van der Waals surface area contributed by atoms with Crippen molar-refractivity contribution >= 4 is 17.5 Å². The third kappa shape index (κ3) is 3.68. The van der Waals surface area contributed by atoms with E-state index >= 15 is 0 Å². The smallest absolute Gasteiger partial charge is 0.221 e. The van der Waals surface area contributed by atoms with E-state index in [9.17, 15) is 9.18 Å². The number of benzene rings is 1. The van der Waals surface area contributed by atoms with E-state index in [1.54, 1.807) is 16.9 Å². The zero-order valence-corrected chi connectivity index (χ0v) is 13.2. The Hall–Kier alpha value is -1.99. The van der Waals surface area contributed by atoms with Crippen molar-refractivity contribution in [2.45, 2.75) is 19.4 Å². The summed E-state index contributed by atoms with van der Waals surface area (Å²) in [7, 11) is 0. The maximum atomic E-state index is 13.2. The van der Waals surface area contributed by atoms with Gasteiger partial charge >= 0.3 is 0 Å². The van der Waals surface area contributed by atoms with Gasteiger partial charge in [0.25, 0.3) is 0 Å². The predicted molar refractivity (Wildman–Crippen MR) is 83.5 cm³/mol. The second-order valence-corrected chi connectivity index (χ2v) is 6.14. The van der Waals surface area contributed by atoms with Crippen LogP contribution in [0.2, 0.25) is 5.02 Å². The van der Waals surface area contributed by atoms with Gasteiger partial charge in [0.1, 0.15) is 5.82 Å². The first-order valence-corrected chi connectivity index (χ1v) is 7.79. The molecule has 1 fully saturated rings. The summed E-state index contributed by atoms with van der Waals surface area (Å²) in [5.41, 5.74) is 6.80. The van der Waals surface area contributed by atoms with Gasteiger partial charge in [-0.1, -0.05) is 16.8 Å². The summed E-state index contributed by atoms with van der Waals surface area (Å²) in [4.78, 5) is 13.5. The maximum absolute atomic E-state index is 13.2. The average molecular weight is 338 g/mol. The molecule has 0 aliphatic carbocycles. The molecule has 0 unspecified atom stereocenters. The molecule has 3 rings (SSSR count). The first kappa shape index (κ1) is 15.9. The van der Waals surface area contributed by atoms with E-state index in [0.29, 0.717) is 18.8 Å². The van der Waals surface area contributed by atoms with Gasteiger partial charge in [-0.3, -0.25) is 9.69 Å². The van der Waals surface area contributed by atoms with E-state index in [0.717, 1.165) is 25.1 Å². The van der Waals surface area contributed by atoms with Crippen LogP contribution in [0, 0.1) is 11.7 Å². The third-order valence-corrected chi connectivity index (χ3v) is 4.29. The van der Waals surface area contributed by atoms with Crippen LogP contribution in [0.3, 0.4) is 0 Å². The molecule has 0 spiro atoms. The number of aromatic nitrogens is 3. The molecular weight excluding hydrogens is 321 g/mol. The van der Waals surface area contributed by atoms with E-state index in [1.807, 2.05) is 0 Å². The largest absolute Gasteiger partial charge is 0.369 e. The molecule has 1 atom stereocenters. The number of rotatable bonds is 4. The molecule has 2 aromatic rings. The average Bonchev–Trinajstić information content (AvgIpc) is 2.99. The minimum atomic E-state index is -0.471. The molecule has 0 saturated carbocycles. The Kier molecular flexibility index (Phi) is 4.58. The molecule has 1 amide bonds. The first-order chi connectivity index (χ1) is 11.0. The van der Waals surface area contributed by atoms with Crippen LogP contribution in [0.5, 0.6) is 0 Å². The molecule has 6 nitrogen and oxygen atoms in total. The van der Waals surface area contributed by atoms with Gasteiger partial charge in [-0.15, -0.1) is 5.10 Å². The zero-order valence-electron chi connectivity index (χ0n) is 12.5. The number of primary amides is 1. The van der Waals surface area contributed by atoms with Gasteiger partial charge in [-0.05, 0) is 37.6 Å². The molecule has 1 aliphatic heterocycles. The number of halogens is 2. The van der Waals surface area contributed by atoms with Crippen LogP contribution in [0.1, 0.15) is 18.5 Å². The molecule has 23 heavy (non-hydrogen) atoms. The highest BCUT2D eigenvalue weighted by Crippen LogP contribution is 2.20. The Balaban J connectivity index is 1.69. The van der Waals surface area contributed by atoms with E-state index in [2.05, 4.69) is 15.2 Å². The number of amides is 1. The quantitative estimate of drug-likeness (QED) is 0.922. The van der Waals surface area contributed by atoms with Gasteiger partial charge < -0.3 is 5.73 Å². The fourth-order valence-corrected chi connectivity index (χ4v) is 2.96. The van der Waals surface area contributed by atoms with Crippen LogP contribution in [0.4, 0.5) is 4.39 Å². The van der Waals surface area contributed by atoms with Gasteiger partial charge in [0.15, 0.2) is 0 Å². The SMILES string of the molecule is NC(=O)[C@H]1CCCN(Cc2cn(-c3ccc(F)c(Cl)c3)nn2)C1. The van der Waals surface area contributed by atoms with Crippen LogP contribution in [0.25, 0.3) is 5.69 Å². The number of nitrogens with two attached hydrogens (primary N) is 1. The number of hydrogen-bond acceptors (Lipinski definition) is 4. The molecule has 2 heterocycles. The molecule has 0 radical (unpaired) electrons. The number of piperidine rings is 1. The minimum Gasteiger partial charge on any atom is -0.369 e. The monoisotopic (exact) mass is 337 g/mol. The van der Waals surface area contributed by atoms with E-state index < -0.39 is 5.82 Å². The van der Waals surface area contributed by atoms with Crippen molar-refractivity contribution in [2.24, 2.45) is 11.7 Å². The van der Waals surface area contributed by atoms with Crippen molar-refractivity contribution in [1.29, 1.82) is 0 Å². The van der Waals surface area contributed by atoms with Crippen molar-refractivity contribution in [3.8, 4) is 5.69 Å². The number of carbonyl (C=O) groups is 1. The van der Waals surface area contributed by atoms with Gasteiger partial charge in [0, 0.05) is 13.1 Å². The molecule has 1 aliphatic rings. The Morgan fingerprint density at radius 2 is 2.30 bits per heavy atom. The third-order valence-electron chi connectivity index (χ3n) is 4.00. The lowest BCUT2D eigenvalue weighted by molar-refractivity contribution is -0.123. The van der Waals surface area contributed by atoms with Gasteiger partial charge in [0.2, 0.25) is 5.91 Å². The number of carbonyl (C=O) groups excluding carboxylic acids is 1. The van der Waals surface area contributed by atoms with Crippen LogP contribution in [-0.4, -0.2) is 38.9 Å². The van der Waals surface area contributed by atoms with Crippen LogP contribution in [0.15, 0.2) is 24.4 Å². The number of likely N-dealkylation sites (tertiary alicyclic amines) is 1. The lowest BCUT2D eigenvalue weighted by atomic mass is 9.97. The topological polar surface area (TPSA) is 77.0 Å². The first-order valence-electron chi connectivity index (χ1n) is 7.41. The molecule has 8 heteroatoms. The van der Waals surface area contributed by atoms with E-state index in [4.69, 9.17) is 17.3 Å². The summed E-state index contributed by atoms with van der Waals surface area (Å²) in [5.74, 6) is -0.824. The Labute approximate surface area is 138 Å². The van der Waals surface area contributed by atoms with E-state index in [1.165, 1.54) is 12.1 Å². The highest BCUT2D eigenvalue weighted by molar-refractivity contribution is 6.30. The van der Waals surface area contributed by atoms with Gasteiger partial charge in [-0.25, -0.2) is 9.07 Å². The lowest BCUT2D eigenvalue weighted by Gasteiger charge is -2.30. The van der Waals surface area contributed by atoms with Crippen LogP contribution < -0.4 is 5.73 Å². The molecule has 1 aromatic carbocycles. The second kappa shape index (κ2) is 6.64. The lowest BCUT2D eigenvalue weighted by Crippen LogP contribution is -2.40. The van der Waals surface area contributed by atoms with Crippen LogP contribution >= 0.6 is 11.6 Å². The van der Waals surface area contributed by atoms with Gasteiger partial charge in [0.05, 0.1) is 28.5 Å². The van der Waals surface area contributed by atoms with Gasteiger partial charge in [-0.2, -0.15) is 0 Å². The van der Waals surface area contributed by atoms with E-state index in [-0.39, 0.29) is 16.8 Å². The summed E-state index contributed by atoms with van der Waals surface area (Å²) < 4.78 is 14.8. The fourth-order valence-electron chi connectivity index (χ4n) is 2.79. The Morgan fingerprint density at radius 1 is 1.48 bits per heavy atom. The van der Waals surface area contributed by atoms with Crippen molar-refractivity contribution < 1.29 is 9.18 Å². The zero-order chi connectivity index (χ0) is 16.4. The maximum Gasteiger partial charge on any atom is 0.221 e. The summed E-state index contributed by atoms with van der Waals surface area (Å²) in [6.07, 6.45) is 3.55. The molecule has 122 valence electrons. The minimum absolute atomic E-state index is 0.0416. The number of hydrogen-bond donors (Lipinski definition) is 1. The highest BCUT2D eigenvalue weighted by Gasteiger charge is 2.24. The second-order valence-electron chi connectivity index (χ2n) is 5.73. The highest BCUT2D eigenvalue weighted by atomic mass is 35.5. The number of nitrogens with zero attached hydrogens (tertiary/aromatic N) is 4. The Bertz CT molecular complexity index is 720. The molecule has 1 saturated heterocycles. The van der Waals surface area contributed by atoms with Crippen molar-refractivity contribution in [3.05, 3.63) is 40.9 Å². The molecular formula is C15H17ClFN5O. The standard InChI is InChI=1S/C15H17ClFN5O/c16-13-6-12(3-4-14(13)17)22-9-11(19-20-22)8-21-5-1-2-10(7-21)15(18)23/h3-4,6,9-10H,1-2,5,7-8H2,(H2,18,23)/t10-/m0/s1. The fraction of sp³-hybridized carbons (Fsp3) is 0.400. The summed E-state index contributed by atoms with van der Waals surface area (Å²) in [6.45, 7) is 2.14. The van der Waals surface area contributed by atoms with Crippen molar-refractivity contribution in [1.82, 2.24) is 19.9 Å². The summed E-state index contributed by atoms with van der Waals surface area (Å²) >= 11 is 5.78. The van der Waals surface area contributed by atoms with Crippen molar-refractivity contribution in [2.75, 3.05) is 13.1 Å². The molecule has 2 N–H and O–H groups in total. The predicted octanol–water partition coefficient (Wildman–Crippen LogP) is 1.76. The Morgan fingerprint density at radius 3 is 3.04 bits per heavy atom. The molecule has 1 aromatic heterocycles. The summed E-state index contributed by atoms with van der Waals surface area (Å²) in [5, 5.41) is 8.21. The summed E-state index contributed by atoms with van der Waals surface area (Å²) in [6, 6.07) is 4.38. The molecule has 0 bridgehead atoms. The normalized spacial score (nSPS) is 19.0.